The van der Waals surface area contributed by atoms with Crippen LogP contribution >= 0.6 is 0 Å². The second-order valence-corrected chi connectivity index (χ2v) is 4.32. The molecule has 94 valence electrons. The lowest BCUT2D eigenvalue weighted by atomic mass is 10.0. The van der Waals surface area contributed by atoms with Crippen LogP contribution in [-0.2, 0) is 4.74 Å². The Labute approximate surface area is 104 Å². The maximum atomic E-state index is 12.9. The van der Waals surface area contributed by atoms with Crippen LogP contribution in [-0.4, -0.2) is 11.8 Å². The Bertz CT molecular complexity index is 545. The number of halogens is 1. The second kappa shape index (κ2) is 4.42. The molecule has 0 aliphatic carbocycles. The molecule has 1 aliphatic heterocycles. The molecule has 0 radical (unpaired) electrons. The van der Waals surface area contributed by atoms with Gasteiger partial charge in [0.25, 0.3) is 0 Å². The topological polar surface area (TPSA) is 61.3 Å². The van der Waals surface area contributed by atoms with E-state index in [1.807, 2.05) is 0 Å². The highest BCUT2D eigenvalue weighted by atomic mass is 19.1. The minimum absolute atomic E-state index is 0.0777. The van der Waals surface area contributed by atoms with E-state index in [0.29, 0.717) is 11.3 Å². The molecule has 3 rings (SSSR count). The smallest absolute Gasteiger partial charge is 0.230 e. The fraction of sp³-hybridized carbons (Fsp3) is 0.308. The van der Waals surface area contributed by atoms with Crippen molar-refractivity contribution in [1.82, 2.24) is 5.16 Å². The van der Waals surface area contributed by atoms with E-state index in [2.05, 4.69) is 5.16 Å². The van der Waals surface area contributed by atoms with Gasteiger partial charge in [0, 0.05) is 6.61 Å². The first-order valence-corrected chi connectivity index (χ1v) is 5.88. The predicted octanol–water partition coefficient (Wildman–Crippen LogP) is 2.91. The zero-order chi connectivity index (χ0) is 12.5. The average Bonchev–Trinajstić information content (AvgIpc) is 2.99. The Morgan fingerprint density at radius 3 is 2.72 bits per heavy atom. The molecule has 2 heterocycles. The number of ether oxygens (including phenoxy) is 1. The number of aromatic nitrogens is 1. The zero-order valence-electron chi connectivity index (χ0n) is 9.73. The number of benzene rings is 1. The fourth-order valence-corrected chi connectivity index (χ4v) is 2.24. The summed E-state index contributed by atoms with van der Waals surface area (Å²) in [6.45, 7) is 0.723. The molecule has 0 amide bonds. The quantitative estimate of drug-likeness (QED) is 0.887. The standard InChI is InChI=1S/C13H13FN2O2/c14-9-5-3-8(4-6-9)11-12(16-18-13(11)15)10-2-1-7-17-10/h3-6,10H,1-2,7,15H2. The van der Waals surface area contributed by atoms with E-state index in [1.165, 1.54) is 12.1 Å². The third kappa shape index (κ3) is 1.86. The molecule has 0 saturated carbocycles. The van der Waals surface area contributed by atoms with E-state index in [4.69, 9.17) is 15.0 Å². The van der Waals surface area contributed by atoms with Crippen LogP contribution in [0.15, 0.2) is 28.8 Å². The minimum atomic E-state index is -0.285. The van der Waals surface area contributed by atoms with Crippen molar-refractivity contribution in [2.24, 2.45) is 0 Å². The van der Waals surface area contributed by atoms with Gasteiger partial charge in [0.1, 0.15) is 17.6 Å². The first-order chi connectivity index (χ1) is 8.75. The summed E-state index contributed by atoms with van der Waals surface area (Å²) in [5.41, 5.74) is 8.01. The molecule has 4 nitrogen and oxygen atoms in total. The van der Waals surface area contributed by atoms with Crippen molar-refractivity contribution in [1.29, 1.82) is 0 Å². The Morgan fingerprint density at radius 2 is 2.06 bits per heavy atom. The van der Waals surface area contributed by atoms with Gasteiger partial charge in [-0.1, -0.05) is 17.3 Å². The van der Waals surface area contributed by atoms with Gasteiger partial charge in [0.2, 0.25) is 5.88 Å². The molecule has 2 N–H and O–H groups in total. The normalized spacial score (nSPS) is 19.3. The first-order valence-electron chi connectivity index (χ1n) is 5.88. The van der Waals surface area contributed by atoms with Crippen LogP contribution in [0.3, 0.4) is 0 Å². The summed E-state index contributed by atoms with van der Waals surface area (Å²) in [6.07, 6.45) is 1.83. The van der Waals surface area contributed by atoms with Crippen LogP contribution < -0.4 is 5.73 Å². The zero-order valence-corrected chi connectivity index (χ0v) is 9.73. The number of nitrogens with zero attached hydrogens (tertiary/aromatic N) is 1. The van der Waals surface area contributed by atoms with Gasteiger partial charge >= 0.3 is 0 Å². The van der Waals surface area contributed by atoms with Gasteiger partial charge in [-0.2, -0.15) is 0 Å². The van der Waals surface area contributed by atoms with Gasteiger partial charge in [-0.15, -0.1) is 0 Å². The Hall–Kier alpha value is -1.88. The van der Waals surface area contributed by atoms with E-state index in [1.54, 1.807) is 12.1 Å². The molecule has 1 unspecified atom stereocenters. The summed E-state index contributed by atoms with van der Waals surface area (Å²) in [4.78, 5) is 0. The summed E-state index contributed by atoms with van der Waals surface area (Å²) in [5.74, 6) is -0.0421. The van der Waals surface area contributed by atoms with Crippen molar-refractivity contribution in [3.05, 3.63) is 35.8 Å². The van der Waals surface area contributed by atoms with Gasteiger partial charge in [0.05, 0.1) is 5.56 Å². The Kier molecular flexibility index (Phi) is 2.76. The van der Waals surface area contributed by atoms with E-state index < -0.39 is 0 Å². The van der Waals surface area contributed by atoms with Crippen LogP contribution in [0.2, 0.25) is 0 Å². The number of rotatable bonds is 2. The van der Waals surface area contributed by atoms with Gasteiger partial charge in [-0.05, 0) is 30.5 Å². The third-order valence-electron chi connectivity index (χ3n) is 3.11. The van der Waals surface area contributed by atoms with Gasteiger partial charge in [-0.25, -0.2) is 4.39 Å². The fourth-order valence-electron chi connectivity index (χ4n) is 2.24. The maximum Gasteiger partial charge on any atom is 0.230 e. The molecule has 5 heteroatoms. The summed E-state index contributed by atoms with van der Waals surface area (Å²) in [6, 6.07) is 6.11. The summed E-state index contributed by atoms with van der Waals surface area (Å²) in [5, 5.41) is 3.98. The van der Waals surface area contributed by atoms with Crippen molar-refractivity contribution in [2.45, 2.75) is 18.9 Å². The molecule has 2 aromatic rings. The van der Waals surface area contributed by atoms with Gasteiger partial charge < -0.3 is 15.0 Å². The van der Waals surface area contributed by atoms with Crippen LogP contribution in [0, 0.1) is 5.82 Å². The van der Waals surface area contributed by atoms with Crippen molar-refractivity contribution in [3.8, 4) is 11.1 Å². The largest absolute Gasteiger partial charge is 0.372 e. The van der Waals surface area contributed by atoms with Crippen molar-refractivity contribution >= 4 is 5.88 Å². The van der Waals surface area contributed by atoms with Gasteiger partial charge in [0.15, 0.2) is 0 Å². The lowest BCUT2D eigenvalue weighted by Crippen LogP contribution is -1.99. The van der Waals surface area contributed by atoms with Crippen LogP contribution in [0.25, 0.3) is 11.1 Å². The second-order valence-electron chi connectivity index (χ2n) is 4.32. The average molecular weight is 248 g/mol. The lowest BCUT2D eigenvalue weighted by Gasteiger charge is -2.08. The van der Waals surface area contributed by atoms with Crippen LogP contribution in [0.1, 0.15) is 24.6 Å². The third-order valence-corrected chi connectivity index (χ3v) is 3.11. The van der Waals surface area contributed by atoms with Crippen molar-refractivity contribution < 1.29 is 13.7 Å². The highest BCUT2D eigenvalue weighted by Crippen LogP contribution is 2.38. The highest BCUT2D eigenvalue weighted by Gasteiger charge is 2.27. The molecule has 1 fully saturated rings. The van der Waals surface area contributed by atoms with E-state index in [0.717, 1.165) is 25.0 Å². The molecule has 1 aromatic heterocycles. The highest BCUT2D eigenvalue weighted by molar-refractivity contribution is 5.75. The molecule has 1 aromatic carbocycles. The van der Waals surface area contributed by atoms with Crippen molar-refractivity contribution in [2.75, 3.05) is 12.3 Å². The first kappa shape index (κ1) is 11.2. The Morgan fingerprint density at radius 1 is 1.28 bits per heavy atom. The number of anilines is 1. The van der Waals surface area contributed by atoms with Crippen LogP contribution in [0.4, 0.5) is 10.3 Å². The molecule has 0 spiro atoms. The lowest BCUT2D eigenvalue weighted by molar-refractivity contribution is 0.106. The summed E-state index contributed by atoms with van der Waals surface area (Å²) < 4.78 is 23.6. The number of nitrogens with two attached hydrogens (primary N) is 1. The van der Waals surface area contributed by atoms with Crippen LogP contribution in [0.5, 0.6) is 0 Å². The van der Waals surface area contributed by atoms with E-state index in [9.17, 15) is 4.39 Å². The minimum Gasteiger partial charge on any atom is -0.372 e. The molecule has 0 bridgehead atoms. The summed E-state index contributed by atoms with van der Waals surface area (Å²) in [7, 11) is 0. The van der Waals surface area contributed by atoms with Crippen molar-refractivity contribution in [3.63, 3.8) is 0 Å². The van der Waals surface area contributed by atoms with E-state index >= 15 is 0 Å². The maximum absolute atomic E-state index is 12.9. The Balaban J connectivity index is 2.04. The van der Waals surface area contributed by atoms with E-state index in [-0.39, 0.29) is 17.8 Å². The molecular formula is C13H13FN2O2. The molecular weight excluding hydrogens is 235 g/mol. The number of nitrogen functional groups attached to an aromatic ring is 1. The number of hydrogen-bond acceptors (Lipinski definition) is 4. The molecule has 1 atom stereocenters. The summed E-state index contributed by atoms with van der Waals surface area (Å²) >= 11 is 0. The molecule has 1 aliphatic rings. The molecule has 18 heavy (non-hydrogen) atoms. The molecule has 1 saturated heterocycles. The van der Waals surface area contributed by atoms with Gasteiger partial charge in [-0.3, -0.25) is 0 Å². The predicted molar refractivity (Wildman–Crippen MR) is 64.2 cm³/mol. The monoisotopic (exact) mass is 248 g/mol. The SMILES string of the molecule is Nc1onc(C2CCCO2)c1-c1ccc(F)cc1. The number of hydrogen-bond donors (Lipinski definition) is 1.